The molecule has 86 valence electrons. The molecule has 0 bridgehead atoms. The molecule has 0 fully saturated rings. The highest BCUT2D eigenvalue weighted by molar-refractivity contribution is 6.09. The Labute approximate surface area is 97.2 Å². The van der Waals surface area contributed by atoms with Crippen molar-refractivity contribution in [1.29, 1.82) is 5.26 Å². The number of nitrogens with zero attached hydrogens (tertiary/aromatic N) is 2. The number of fused-ring (bicyclic) bond motifs is 1. The molecule has 0 saturated heterocycles. The van der Waals surface area contributed by atoms with Gasteiger partial charge in [-0.05, 0) is 18.2 Å². The molecule has 1 amide bonds. The van der Waals surface area contributed by atoms with Crippen LogP contribution in [0.2, 0.25) is 0 Å². The van der Waals surface area contributed by atoms with Gasteiger partial charge in [0.1, 0.15) is 5.82 Å². The lowest BCUT2D eigenvalue weighted by Gasteiger charge is -2.19. The zero-order valence-electron chi connectivity index (χ0n) is 9.07. The van der Waals surface area contributed by atoms with Crippen molar-refractivity contribution >= 4 is 11.6 Å². The number of carbonyl (C=O) groups is 1. The molecule has 1 atom stereocenters. The fourth-order valence-corrected chi connectivity index (χ4v) is 1.93. The predicted octanol–water partition coefficient (Wildman–Crippen LogP) is 1.07. The van der Waals surface area contributed by atoms with E-state index in [-0.39, 0.29) is 11.1 Å². The smallest absolute Gasteiger partial charge is 0.268 e. The minimum Gasteiger partial charge on any atom is -0.371 e. The number of likely N-dealkylation sites (N-methyl/N-ethyl adjacent to an activating group) is 1. The van der Waals surface area contributed by atoms with Crippen molar-refractivity contribution in [3.05, 3.63) is 41.7 Å². The van der Waals surface area contributed by atoms with E-state index >= 15 is 0 Å². The van der Waals surface area contributed by atoms with E-state index in [4.69, 9.17) is 5.26 Å². The van der Waals surface area contributed by atoms with Gasteiger partial charge in [-0.3, -0.25) is 4.79 Å². The van der Waals surface area contributed by atoms with Gasteiger partial charge < -0.3 is 10.0 Å². The zero-order chi connectivity index (χ0) is 12.8. The standard InChI is InChI=1S/C12H9FN2O2/c1-7(6-14)12(17)9-5-8(13)3-4-10(9)15(2)11(12)16/h3-5,17H,1H2,2H3. The molecule has 0 saturated carbocycles. The maximum atomic E-state index is 13.2. The third-order valence-electron chi connectivity index (χ3n) is 2.90. The second-order valence-corrected chi connectivity index (χ2v) is 3.83. The van der Waals surface area contributed by atoms with Gasteiger partial charge in [0.05, 0.1) is 17.3 Å². The van der Waals surface area contributed by atoms with Crippen molar-refractivity contribution in [2.24, 2.45) is 0 Å². The van der Waals surface area contributed by atoms with Gasteiger partial charge in [0.25, 0.3) is 5.91 Å². The molecule has 5 heteroatoms. The summed E-state index contributed by atoms with van der Waals surface area (Å²) in [5.74, 6) is -1.29. The maximum Gasteiger partial charge on any atom is 0.268 e. The van der Waals surface area contributed by atoms with Gasteiger partial charge in [-0.2, -0.15) is 5.26 Å². The minimum absolute atomic E-state index is 0.0524. The fraction of sp³-hybridized carbons (Fsp3) is 0.167. The number of rotatable bonds is 1. The van der Waals surface area contributed by atoms with Gasteiger partial charge in [0.2, 0.25) is 5.60 Å². The van der Waals surface area contributed by atoms with Gasteiger partial charge in [-0.25, -0.2) is 4.39 Å². The second kappa shape index (κ2) is 3.40. The molecule has 2 rings (SSSR count). The molecule has 0 aromatic heterocycles. The number of hydrogen-bond donors (Lipinski definition) is 1. The summed E-state index contributed by atoms with van der Waals surface area (Å²) in [6.45, 7) is 3.36. The highest BCUT2D eigenvalue weighted by atomic mass is 19.1. The molecule has 1 unspecified atom stereocenters. The average Bonchev–Trinajstić information content (AvgIpc) is 2.51. The van der Waals surface area contributed by atoms with Crippen LogP contribution in [0.5, 0.6) is 0 Å². The number of halogens is 1. The normalized spacial score (nSPS) is 22.2. The first-order chi connectivity index (χ1) is 7.92. The Morgan fingerprint density at radius 2 is 2.29 bits per heavy atom. The van der Waals surface area contributed by atoms with Crippen LogP contribution in [-0.2, 0) is 10.4 Å². The van der Waals surface area contributed by atoms with E-state index in [1.165, 1.54) is 24.1 Å². The van der Waals surface area contributed by atoms with Crippen LogP contribution in [0.25, 0.3) is 0 Å². The first-order valence-electron chi connectivity index (χ1n) is 4.83. The predicted molar refractivity (Wildman–Crippen MR) is 58.5 cm³/mol. The SMILES string of the molecule is C=C(C#N)C1(O)C(=O)N(C)c2ccc(F)cc21. The highest BCUT2D eigenvalue weighted by Gasteiger charge is 2.51. The Morgan fingerprint density at radius 3 is 2.88 bits per heavy atom. The van der Waals surface area contributed by atoms with E-state index < -0.39 is 17.3 Å². The topological polar surface area (TPSA) is 64.3 Å². The van der Waals surface area contributed by atoms with Crippen molar-refractivity contribution in [3.8, 4) is 6.07 Å². The van der Waals surface area contributed by atoms with Crippen LogP contribution >= 0.6 is 0 Å². The van der Waals surface area contributed by atoms with Crippen molar-refractivity contribution in [1.82, 2.24) is 0 Å². The minimum atomic E-state index is -2.15. The lowest BCUT2D eigenvalue weighted by atomic mass is 9.89. The number of amides is 1. The molecule has 0 radical (unpaired) electrons. The van der Waals surface area contributed by atoms with Gasteiger partial charge in [-0.1, -0.05) is 6.58 Å². The number of benzene rings is 1. The van der Waals surface area contributed by atoms with E-state index in [0.29, 0.717) is 5.69 Å². The molecule has 0 aliphatic carbocycles. The quantitative estimate of drug-likeness (QED) is 0.736. The number of carbonyl (C=O) groups excluding carboxylic acids is 1. The van der Waals surface area contributed by atoms with Crippen molar-refractivity contribution in [2.75, 3.05) is 11.9 Å². The van der Waals surface area contributed by atoms with Crippen molar-refractivity contribution in [3.63, 3.8) is 0 Å². The summed E-state index contributed by atoms with van der Waals surface area (Å²) < 4.78 is 13.2. The third kappa shape index (κ3) is 1.28. The monoisotopic (exact) mass is 232 g/mol. The Kier molecular flexibility index (Phi) is 2.26. The number of aliphatic hydroxyl groups is 1. The Balaban J connectivity index is 2.74. The summed E-state index contributed by atoms with van der Waals surface area (Å²) in [5, 5.41) is 19.1. The Hall–Kier alpha value is -2.19. The Morgan fingerprint density at radius 1 is 1.65 bits per heavy atom. The molecule has 1 heterocycles. The third-order valence-corrected chi connectivity index (χ3v) is 2.90. The molecule has 1 aromatic rings. The van der Waals surface area contributed by atoms with Gasteiger partial charge in [0, 0.05) is 12.6 Å². The van der Waals surface area contributed by atoms with E-state index in [9.17, 15) is 14.3 Å². The summed E-state index contributed by atoms with van der Waals surface area (Å²) >= 11 is 0. The van der Waals surface area contributed by atoms with Gasteiger partial charge in [-0.15, -0.1) is 0 Å². The molecule has 1 aliphatic rings. The van der Waals surface area contributed by atoms with E-state index in [0.717, 1.165) is 6.07 Å². The summed E-state index contributed by atoms with van der Waals surface area (Å²) in [7, 11) is 1.45. The highest BCUT2D eigenvalue weighted by Crippen LogP contribution is 2.43. The lowest BCUT2D eigenvalue weighted by molar-refractivity contribution is -0.131. The van der Waals surface area contributed by atoms with E-state index in [2.05, 4.69) is 6.58 Å². The molecule has 1 aliphatic heterocycles. The molecular formula is C12H9FN2O2. The average molecular weight is 232 g/mol. The van der Waals surface area contributed by atoms with Crippen LogP contribution in [0, 0.1) is 17.1 Å². The lowest BCUT2D eigenvalue weighted by Crippen LogP contribution is -2.39. The summed E-state index contributed by atoms with van der Waals surface area (Å²) in [4.78, 5) is 13.1. The number of anilines is 1. The maximum absolute atomic E-state index is 13.2. The van der Waals surface area contributed by atoms with Gasteiger partial charge in [0.15, 0.2) is 0 Å². The second-order valence-electron chi connectivity index (χ2n) is 3.83. The largest absolute Gasteiger partial charge is 0.371 e. The summed E-state index contributed by atoms with van der Waals surface area (Å²) in [6, 6.07) is 5.25. The van der Waals surface area contributed by atoms with Gasteiger partial charge >= 0.3 is 0 Å². The van der Waals surface area contributed by atoms with E-state index in [1.807, 2.05) is 0 Å². The van der Waals surface area contributed by atoms with E-state index in [1.54, 1.807) is 6.07 Å². The van der Waals surface area contributed by atoms with Crippen LogP contribution in [0.4, 0.5) is 10.1 Å². The van der Waals surface area contributed by atoms with Crippen LogP contribution in [0.3, 0.4) is 0 Å². The van der Waals surface area contributed by atoms with Crippen LogP contribution in [-0.4, -0.2) is 18.1 Å². The first kappa shape index (κ1) is 11.3. The summed E-state index contributed by atoms with van der Waals surface area (Å²) in [6.07, 6.45) is 0. The number of nitriles is 1. The summed E-state index contributed by atoms with van der Waals surface area (Å²) in [5.41, 5.74) is -2.05. The molecule has 17 heavy (non-hydrogen) atoms. The molecular weight excluding hydrogens is 223 g/mol. The molecule has 1 aromatic carbocycles. The van der Waals surface area contributed by atoms with Crippen molar-refractivity contribution < 1.29 is 14.3 Å². The van der Waals surface area contributed by atoms with Crippen LogP contribution in [0.15, 0.2) is 30.4 Å². The van der Waals surface area contributed by atoms with Crippen molar-refractivity contribution in [2.45, 2.75) is 5.60 Å². The molecule has 0 spiro atoms. The fourth-order valence-electron chi connectivity index (χ4n) is 1.93. The van der Waals surface area contributed by atoms with Crippen LogP contribution < -0.4 is 4.90 Å². The Bertz CT molecular complexity index is 576. The molecule has 1 N–H and O–H groups in total. The number of hydrogen-bond acceptors (Lipinski definition) is 3. The van der Waals surface area contributed by atoms with Crippen LogP contribution in [0.1, 0.15) is 5.56 Å². The molecule has 4 nitrogen and oxygen atoms in total. The first-order valence-corrected chi connectivity index (χ1v) is 4.83. The zero-order valence-corrected chi connectivity index (χ0v) is 9.07.